The minimum atomic E-state index is -3.30. The standard InChI is InChI=1S/C20H22O2S/c1-17-7-11-19(12-8-17)5-3-15-23(21,22)16-4-6-20-13-9-18(2)10-14-20/h3-4,7-16H,5-6H2,1-2H3. The molecule has 0 aromatic heterocycles. The van der Waals surface area contributed by atoms with Crippen LogP contribution in [0.2, 0.25) is 0 Å². The summed E-state index contributed by atoms with van der Waals surface area (Å²) in [5.41, 5.74) is 4.60. The van der Waals surface area contributed by atoms with Crippen molar-refractivity contribution in [3.05, 3.63) is 93.8 Å². The molecule has 0 saturated carbocycles. The molecule has 2 nitrogen and oxygen atoms in total. The highest BCUT2D eigenvalue weighted by molar-refractivity contribution is 7.97. The zero-order chi connectivity index (χ0) is 16.7. The average molecular weight is 326 g/mol. The van der Waals surface area contributed by atoms with Crippen molar-refractivity contribution < 1.29 is 8.42 Å². The maximum Gasteiger partial charge on any atom is 0.192 e. The molecule has 0 spiro atoms. The van der Waals surface area contributed by atoms with E-state index in [1.54, 1.807) is 12.2 Å². The SMILES string of the molecule is Cc1ccc(CC=CS(=O)(=O)C=CCc2ccc(C)cc2)cc1. The van der Waals surface area contributed by atoms with E-state index in [0.29, 0.717) is 12.8 Å². The van der Waals surface area contributed by atoms with Gasteiger partial charge in [0, 0.05) is 10.8 Å². The second kappa shape index (κ2) is 7.93. The third kappa shape index (κ3) is 6.25. The summed E-state index contributed by atoms with van der Waals surface area (Å²) in [5.74, 6) is 0. The van der Waals surface area contributed by atoms with E-state index in [9.17, 15) is 8.42 Å². The first-order chi connectivity index (χ1) is 10.9. The number of sulfone groups is 1. The van der Waals surface area contributed by atoms with Crippen LogP contribution >= 0.6 is 0 Å². The van der Waals surface area contributed by atoms with Crippen LogP contribution in [0, 0.1) is 13.8 Å². The van der Waals surface area contributed by atoms with Crippen molar-refractivity contribution in [3.8, 4) is 0 Å². The van der Waals surface area contributed by atoms with Crippen LogP contribution < -0.4 is 0 Å². The first-order valence-corrected chi connectivity index (χ1v) is 9.25. The molecule has 23 heavy (non-hydrogen) atoms. The highest BCUT2D eigenvalue weighted by atomic mass is 32.2. The van der Waals surface area contributed by atoms with Crippen molar-refractivity contribution in [2.24, 2.45) is 0 Å². The average Bonchev–Trinajstić information content (AvgIpc) is 2.51. The van der Waals surface area contributed by atoms with Crippen LogP contribution in [0.4, 0.5) is 0 Å². The molecule has 0 bridgehead atoms. The van der Waals surface area contributed by atoms with E-state index in [4.69, 9.17) is 0 Å². The van der Waals surface area contributed by atoms with Gasteiger partial charge >= 0.3 is 0 Å². The Morgan fingerprint density at radius 1 is 0.696 bits per heavy atom. The summed E-state index contributed by atoms with van der Waals surface area (Å²) in [7, 11) is -3.30. The Labute approximate surface area is 139 Å². The van der Waals surface area contributed by atoms with Crippen LogP contribution in [0.15, 0.2) is 71.5 Å². The molecular formula is C20H22O2S. The maximum absolute atomic E-state index is 11.9. The van der Waals surface area contributed by atoms with Gasteiger partial charge in [0.1, 0.15) is 0 Å². The largest absolute Gasteiger partial charge is 0.220 e. The molecule has 120 valence electrons. The number of hydrogen-bond acceptors (Lipinski definition) is 2. The van der Waals surface area contributed by atoms with Crippen molar-refractivity contribution >= 4 is 9.84 Å². The van der Waals surface area contributed by atoms with Gasteiger partial charge in [-0.3, -0.25) is 0 Å². The number of aryl methyl sites for hydroxylation is 2. The van der Waals surface area contributed by atoms with Gasteiger partial charge in [0.15, 0.2) is 9.84 Å². The topological polar surface area (TPSA) is 34.1 Å². The predicted molar refractivity (Wildman–Crippen MR) is 97.0 cm³/mol. The number of allylic oxidation sites excluding steroid dienone is 2. The summed E-state index contributed by atoms with van der Waals surface area (Å²) in [6.45, 7) is 4.06. The number of benzene rings is 2. The first-order valence-electron chi connectivity index (χ1n) is 7.64. The lowest BCUT2D eigenvalue weighted by Crippen LogP contribution is -1.90. The third-order valence-corrected chi connectivity index (χ3v) is 4.66. The summed E-state index contributed by atoms with van der Waals surface area (Å²) in [6.07, 6.45) is 4.61. The number of rotatable bonds is 6. The quantitative estimate of drug-likeness (QED) is 0.781. The van der Waals surface area contributed by atoms with E-state index >= 15 is 0 Å². The minimum absolute atomic E-state index is 0.616. The van der Waals surface area contributed by atoms with Crippen molar-refractivity contribution in [2.45, 2.75) is 26.7 Å². The molecule has 2 aromatic carbocycles. The van der Waals surface area contributed by atoms with Gasteiger partial charge in [-0.1, -0.05) is 71.8 Å². The van der Waals surface area contributed by atoms with Gasteiger partial charge in [0.2, 0.25) is 0 Å². The Morgan fingerprint density at radius 2 is 1.04 bits per heavy atom. The van der Waals surface area contributed by atoms with Crippen molar-refractivity contribution in [2.75, 3.05) is 0 Å². The van der Waals surface area contributed by atoms with Gasteiger partial charge in [-0.2, -0.15) is 0 Å². The van der Waals surface area contributed by atoms with Gasteiger partial charge in [-0.25, -0.2) is 8.42 Å². The van der Waals surface area contributed by atoms with Crippen LogP contribution in [0.25, 0.3) is 0 Å². The smallest absolute Gasteiger partial charge is 0.192 e. The van der Waals surface area contributed by atoms with E-state index < -0.39 is 9.84 Å². The first kappa shape index (κ1) is 17.2. The molecule has 0 aliphatic rings. The molecule has 0 radical (unpaired) electrons. The summed E-state index contributed by atoms with van der Waals surface area (Å²) in [4.78, 5) is 0. The number of hydrogen-bond donors (Lipinski definition) is 0. The Balaban J connectivity index is 1.90. The monoisotopic (exact) mass is 326 g/mol. The Bertz CT molecular complexity index is 717. The van der Waals surface area contributed by atoms with E-state index in [1.165, 1.54) is 21.9 Å². The zero-order valence-electron chi connectivity index (χ0n) is 13.6. The van der Waals surface area contributed by atoms with Crippen LogP contribution in [0.1, 0.15) is 22.3 Å². The second-order valence-corrected chi connectivity index (χ2v) is 7.43. The fourth-order valence-electron chi connectivity index (χ4n) is 2.13. The summed E-state index contributed by atoms with van der Waals surface area (Å²) in [6, 6.07) is 16.2. The Morgan fingerprint density at radius 3 is 1.39 bits per heavy atom. The highest BCUT2D eigenvalue weighted by Gasteiger charge is 1.99. The van der Waals surface area contributed by atoms with Crippen LogP contribution in [0.5, 0.6) is 0 Å². The van der Waals surface area contributed by atoms with Crippen LogP contribution in [-0.4, -0.2) is 8.42 Å². The zero-order valence-corrected chi connectivity index (χ0v) is 14.4. The maximum atomic E-state index is 11.9. The normalized spacial score (nSPS) is 12.3. The van der Waals surface area contributed by atoms with Crippen LogP contribution in [-0.2, 0) is 22.7 Å². The van der Waals surface area contributed by atoms with Gasteiger partial charge in [0.25, 0.3) is 0 Å². The van der Waals surface area contributed by atoms with Crippen molar-refractivity contribution in [1.29, 1.82) is 0 Å². The fraction of sp³-hybridized carbons (Fsp3) is 0.200. The molecule has 0 atom stereocenters. The van der Waals surface area contributed by atoms with Gasteiger partial charge in [0.05, 0.1) is 0 Å². The van der Waals surface area contributed by atoms with E-state index in [0.717, 1.165) is 11.1 Å². The van der Waals surface area contributed by atoms with Crippen LogP contribution in [0.3, 0.4) is 0 Å². The molecule has 0 aliphatic carbocycles. The third-order valence-electron chi connectivity index (χ3n) is 3.52. The molecule has 0 amide bonds. The lowest BCUT2D eigenvalue weighted by atomic mass is 10.1. The highest BCUT2D eigenvalue weighted by Crippen LogP contribution is 2.07. The predicted octanol–water partition coefficient (Wildman–Crippen LogP) is 4.53. The van der Waals surface area contributed by atoms with E-state index in [-0.39, 0.29) is 0 Å². The van der Waals surface area contributed by atoms with Gasteiger partial charge in [-0.15, -0.1) is 0 Å². The Kier molecular flexibility index (Phi) is 5.94. The second-order valence-electron chi connectivity index (χ2n) is 5.71. The Hall–Kier alpha value is -2.13. The van der Waals surface area contributed by atoms with Gasteiger partial charge < -0.3 is 0 Å². The summed E-state index contributed by atoms with van der Waals surface area (Å²) >= 11 is 0. The molecule has 0 N–H and O–H groups in total. The van der Waals surface area contributed by atoms with E-state index in [1.807, 2.05) is 62.4 Å². The molecule has 0 unspecified atom stereocenters. The van der Waals surface area contributed by atoms with Crippen molar-refractivity contribution in [3.63, 3.8) is 0 Å². The molecule has 2 rings (SSSR count). The summed E-state index contributed by atoms with van der Waals surface area (Å²) in [5, 5.41) is 2.55. The molecule has 0 aliphatic heterocycles. The molecule has 3 heteroatoms. The lowest BCUT2D eigenvalue weighted by molar-refractivity contribution is 0.612. The molecular weight excluding hydrogens is 304 g/mol. The minimum Gasteiger partial charge on any atom is -0.220 e. The molecule has 0 saturated heterocycles. The molecule has 0 fully saturated rings. The van der Waals surface area contributed by atoms with Crippen molar-refractivity contribution in [1.82, 2.24) is 0 Å². The van der Waals surface area contributed by atoms with E-state index in [2.05, 4.69) is 0 Å². The molecule has 2 aromatic rings. The van der Waals surface area contributed by atoms with Gasteiger partial charge in [-0.05, 0) is 37.8 Å². The molecule has 0 heterocycles. The fourth-order valence-corrected chi connectivity index (χ4v) is 2.95. The lowest BCUT2D eigenvalue weighted by Gasteiger charge is -1.98. The summed E-state index contributed by atoms with van der Waals surface area (Å²) < 4.78 is 23.9.